The minimum atomic E-state index is -2.12. The summed E-state index contributed by atoms with van der Waals surface area (Å²) < 4.78 is 21.3. The monoisotopic (exact) mass is 278 g/mol. The summed E-state index contributed by atoms with van der Waals surface area (Å²) in [5.74, 6) is 0. The van der Waals surface area contributed by atoms with E-state index in [1.54, 1.807) is 11.3 Å². The quantitative estimate of drug-likeness (QED) is 0.624. The van der Waals surface area contributed by atoms with Gasteiger partial charge in [0.05, 0.1) is 5.56 Å². The van der Waals surface area contributed by atoms with Crippen LogP contribution >= 0.6 is 11.3 Å². The van der Waals surface area contributed by atoms with E-state index >= 15 is 0 Å². The number of hydrogen-bond acceptors (Lipinski definition) is 3. The van der Waals surface area contributed by atoms with Crippen LogP contribution in [0.15, 0.2) is 46.7 Å². The molecule has 2 rings (SSSR count). The van der Waals surface area contributed by atoms with Gasteiger partial charge in [0.2, 0.25) is 0 Å². The average molecular weight is 278 g/mol. The van der Waals surface area contributed by atoms with Crippen LogP contribution in [0.3, 0.4) is 0 Å². The van der Waals surface area contributed by atoms with E-state index in [0.29, 0.717) is 0 Å². The predicted octanol–water partition coefficient (Wildman–Crippen LogP) is 2.27. The first-order valence-electron chi connectivity index (χ1n) is 4.18. The SMILES string of the molecule is O=S(=O)=[S+]c1ccccc1-c1cccs1.[Na]. The molecular weight excluding hydrogens is 271 g/mol. The first kappa shape index (κ1) is 14.0. The van der Waals surface area contributed by atoms with Crippen LogP contribution in [-0.4, -0.2) is 38.0 Å². The van der Waals surface area contributed by atoms with Gasteiger partial charge in [0.25, 0.3) is 4.90 Å². The van der Waals surface area contributed by atoms with Crippen molar-refractivity contribution in [2.75, 3.05) is 0 Å². The Labute approximate surface area is 125 Å². The van der Waals surface area contributed by atoms with Gasteiger partial charge in [0.15, 0.2) is 0 Å². The van der Waals surface area contributed by atoms with Crippen molar-refractivity contribution in [1.82, 2.24) is 0 Å². The third-order valence-corrected chi connectivity index (χ3v) is 4.35. The molecule has 0 saturated carbocycles. The molecule has 1 heterocycles. The molecule has 16 heavy (non-hydrogen) atoms. The maximum Gasteiger partial charge on any atom is 0.478 e. The van der Waals surface area contributed by atoms with Crippen LogP contribution < -0.4 is 0 Å². The Bertz CT molecular complexity index is 580. The topological polar surface area (TPSA) is 34.1 Å². The fourth-order valence-corrected chi connectivity index (χ4v) is 3.50. The molecule has 0 aliphatic carbocycles. The molecule has 0 unspecified atom stereocenters. The fraction of sp³-hybridized carbons (Fsp3) is 0. The van der Waals surface area contributed by atoms with Crippen LogP contribution in [0.25, 0.3) is 10.4 Å². The van der Waals surface area contributed by atoms with E-state index in [2.05, 4.69) is 0 Å². The molecule has 0 N–H and O–H groups in total. The second kappa shape index (κ2) is 6.64. The van der Waals surface area contributed by atoms with Gasteiger partial charge in [-0.3, -0.25) is 0 Å². The van der Waals surface area contributed by atoms with Crippen molar-refractivity contribution in [2.24, 2.45) is 0 Å². The zero-order chi connectivity index (χ0) is 10.7. The zero-order valence-electron chi connectivity index (χ0n) is 8.58. The summed E-state index contributed by atoms with van der Waals surface area (Å²) in [6, 6.07) is 11.4. The normalized spacial score (nSPS) is 9.25. The molecule has 0 amide bonds. The molecule has 2 aromatic rings. The summed E-state index contributed by atoms with van der Waals surface area (Å²) in [5, 5.41) is 1.98. The summed E-state index contributed by atoms with van der Waals surface area (Å²) >= 11 is 1.60. The van der Waals surface area contributed by atoms with Crippen LogP contribution in [-0.2, 0) is 19.6 Å². The molecule has 1 aromatic heterocycles. The molecule has 0 atom stereocenters. The Morgan fingerprint density at radius 1 is 1.06 bits per heavy atom. The minimum Gasteiger partial charge on any atom is -0.144 e. The van der Waals surface area contributed by atoms with Gasteiger partial charge in [-0.2, -0.15) is 0 Å². The molecular formula is C10H7NaO2S3+. The van der Waals surface area contributed by atoms with Gasteiger partial charge in [-0.05, 0) is 17.5 Å². The van der Waals surface area contributed by atoms with Crippen molar-refractivity contribution in [3.8, 4) is 10.4 Å². The molecule has 0 bridgehead atoms. The van der Waals surface area contributed by atoms with E-state index in [1.807, 2.05) is 41.8 Å². The van der Waals surface area contributed by atoms with Gasteiger partial charge in [0.1, 0.15) is 0 Å². The molecule has 2 nitrogen and oxygen atoms in total. The third-order valence-electron chi connectivity index (χ3n) is 1.83. The van der Waals surface area contributed by atoms with E-state index in [1.165, 1.54) is 0 Å². The molecule has 0 aliphatic heterocycles. The first-order chi connectivity index (χ1) is 7.27. The van der Waals surface area contributed by atoms with Gasteiger partial charge in [-0.1, -0.05) is 18.2 Å². The summed E-state index contributed by atoms with van der Waals surface area (Å²) in [6.45, 7) is 0. The van der Waals surface area contributed by atoms with Gasteiger partial charge < -0.3 is 0 Å². The predicted molar refractivity (Wildman–Crippen MR) is 70.1 cm³/mol. The second-order valence-electron chi connectivity index (χ2n) is 2.76. The molecule has 0 fully saturated rings. The Morgan fingerprint density at radius 3 is 2.44 bits per heavy atom. The molecule has 0 aliphatic rings. The minimum absolute atomic E-state index is 0. The van der Waals surface area contributed by atoms with Crippen molar-refractivity contribution in [3.63, 3.8) is 0 Å². The van der Waals surface area contributed by atoms with Gasteiger partial charge in [-0.15, -0.1) is 19.8 Å². The summed E-state index contributed by atoms with van der Waals surface area (Å²) in [7, 11) is -1.27. The van der Waals surface area contributed by atoms with Crippen LogP contribution in [0.1, 0.15) is 0 Å². The van der Waals surface area contributed by atoms with Crippen molar-refractivity contribution in [2.45, 2.75) is 4.90 Å². The summed E-state index contributed by atoms with van der Waals surface area (Å²) in [5.41, 5.74) is 0.974. The second-order valence-corrected chi connectivity index (χ2v) is 6.04. The van der Waals surface area contributed by atoms with Crippen molar-refractivity contribution < 1.29 is 8.42 Å². The molecule has 1 radical (unpaired) electrons. The fourth-order valence-electron chi connectivity index (χ4n) is 1.25. The van der Waals surface area contributed by atoms with Crippen LogP contribution in [0.4, 0.5) is 0 Å². The van der Waals surface area contributed by atoms with E-state index in [-0.39, 0.29) is 29.6 Å². The van der Waals surface area contributed by atoms with Crippen molar-refractivity contribution in [3.05, 3.63) is 41.8 Å². The van der Waals surface area contributed by atoms with E-state index in [4.69, 9.17) is 0 Å². The smallest absolute Gasteiger partial charge is 0.144 e. The Hall–Kier alpha value is -0.0400. The maximum absolute atomic E-state index is 10.7. The maximum atomic E-state index is 10.7. The van der Waals surface area contributed by atoms with E-state index in [0.717, 1.165) is 25.7 Å². The molecule has 0 saturated heterocycles. The molecule has 6 heteroatoms. The largest absolute Gasteiger partial charge is 0.478 e. The molecule has 0 spiro atoms. The van der Waals surface area contributed by atoms with Gasteiger partial charge in [0, 0.05) is 40.5 Å². The Balaban J connectivity index is 0.00000128. The summed E-state index contributed by atoms with van der Waals surface area (Å²) in [4.78, 5) is 1.86. The van der Waals surface area contributed by atoms with E-state index in [9.17, 15) is 8.42 Å². The number of thiophene rings is 1. The third kappa shape index (κ3) is 3.48. The Morgan fingerprint density at radius 2 is 1.81 bits per heavy atom. The molecule has 1 aromatic carbocycles. The standard InChI is InChI=1S/C10H7O2S3.Na/c11-15(12)14-10-5-2-1-4-8(10)9-6-3-7-13-9;/h1-7H;/q+1;. The van der Waals surface area contributed by atoms with E-state index < -0.39 is 9.26 Å². The van der Waals surface area contributed by atoms with Crippen LogP contribution in [0.5, 0.6) is 0 Å². The average Bonchev–Trinajstić information content (AvgIpc) is 2.70. The number of rotatable bonds is 2. The Kier molecular flexibility index (Phi) is 5.82. The zero-order valence-corrected chi connectivity index (χ0v) is 13.0. The number of benzene rings is 1. The van der Waals surface area contributed by atoms with Crippen molar-refractivity contribution >= 4 is 60.5 Å². The van der Waals surface area contributed by atoms with Gasteiger partial charge >= 0.3 is 19.6 Å². The number of hydrogen-bond donors (Lipinski definition) is 0. The van der Waals surface area contributed by atoms with Crippen LogP contribution in [0.2, 0.25) is 0 Å². The van der Waals surface area contributed by atoms with Crippen LogP contribution in [0, 0.1) is 0 Å². The summed E-state index contributed by atoms with van der Waals surface area (Å²) in [6.07, 6.45) is 0. The molecule has 77 valence electrons. The first-order valence-corrected chi connectivity index (χ1v) is 7.46. The van der Waals surface area contributed by atoms with Crippen molar-refractivity contribution in [1.29, 1.82) is 0 Å². The van der Waals surface area contributed by atoms with Gasteiger partial charge in [-0.25, -0.2) is 0 Å².